The second-order valence-corrected chi connectivity index (χ2v) is 6.89. The first-order valence-corrected chi connectivity index (χ1v) is 9.10. The van der Waals surface area contributed by atoms with Crippen LogP contribution >= 0.6 is 0 Å². The summed E-state index contributed by atoms with van der Waals surface area (Å²) in [5, 5.41) is 10.1. The number of nitrogens with one attached hydrogen (secondary N) is 1. The van der Waals surface area contributed by atoms with Crippen LogP contribution in [0.15, 0.2) is 47.5 Å². The van der Waals surface area contributed by atoms with Crippen molar-refractivity contribution in [1.82, 2.24) is 24.5 Å². The summed E-state index contributed by atoms with van der Waals surface area (Å²) < 4.78 is 42.7. The van der Waals surface area contributed by atoms with E-state index in [0.29, 0.717) is 5.56 Å². The molecule has 0 aliphatic rings. The zero-order valence-corrected chi connectivity index (χ0v) is 16.1. The van der Waals surface area contributed by atoms with Crippen LogP contribution in [0.2, 0.25) is 0 Å². The van der Waals surface area contributed by atoms with Gasteiger partial charge in [-0.05, 0) is 42.3 Å². The van der Waals surface area contributed by atoms with Crippen molar-refractivity contribution in [2.75, 3.05) is 5.32 Å². The Morgan fingerprint density at radius 1 is 1.10 bits per heavy atom. The van der Waals surface area contributed by atoms with Crippen LogP contribution in [0.25, 0.3) is 11.2 Å². The van der Waals surface area contributed by atoms with Gasteiger partial charge in [-0.25, -0.2) is 22.8 Å². The lowest BCUT2D eigenvalue weighted by molar-refractivity contribution is -0.116. The molecule has 0 spiro atoms. The molecular weight excluding hydrogens is 413 g/mol. The maximum atomic E-state index is 13.6. The van der Waals surface area contributed by atoms with E-state index in [1.54, 1.807) is 13.0 Å². The Kier molecular flexibility index (Phi) is 5.24. The van der Waals surface area contributed by atoms with Crippen molar-refractivity contribution in [2.45, 2.75) is 20.0 Å². The number of hydrogen-bond donors (Lipinski definition) is 1. The quantitative estimate of drug-likeness (QED) is 0.527. The van der Waals surface area contributed by atoms with E-state index in [-0.39, 0.29) is 35.5 Å². The maximum Gasteiger partial charge on any atom is 0.283 e. The first-order chi connectivity index (χ1) is 14.8. The summed E-state index contributed by atoms with van der Waals surface area (Å²) in [5.41, 5.74) is 0.351. The summed E-state index contributed by atoms with van der Waals surface area (Å²) in [4.78, 5) is 29.0. The lowest BCUT2D eigenvalue weighted by Crippen LogP contribution is -2.28. The lowest BCUT2D eigenvalue weighted by Gasteiger charge is -2.08. The fraction of sp³-hybridized carbons (Fsp3) is 0.150. The monoisotopic (exact) mass is 428 g/mol. The highest BCUT2D eigenvalue weighted by Crippen LogP contribution is 2.14. The molecule has 31 heavy (non-hydrogen) atoms. The van der Waals surface area contributed by atoms with Crippen molar-refractivity contribution < 1.29 is 18.0 Å². The number of anilines is 1. The van der Waals surface area contributed by atoms with Crippen LogP contribution < -0.4 is 10.9 Å². The Balaban J connectivity index is 1.55. The zero-order valence-electron chi connectivity index (χ0n) is 16.1. The smallest absolute Gasteiger partial charge is 0.283 e. The molecule has 4 aromatic rings. The number of carbonyl (C=O) groups excluding carboxylic acids is 1. The number of aryl methyl sites for hydroxylation is 1. The Morgan fingerprint density at radius 3 is 2.55 bits per heavy atom. The minimum Gasteiger partial charge on any atom is -0.324 e. The molecule has 1 N–H and O–H groups in total. The SMILES string of the molecule is Cc1ccc(NC(=O)Cn2cnc3c(nnn3Cc3cc(F)cc(F)c3)c2=O)cc1F. The molecule has 158 valence electrons. The summed E-state index contributed by atoms with van der Waals surface area (Å²) in [6.07, 6.45) is 1.14. The highest BCUT2D eigenvalue weighted by atomic mass is 19.1. The predicted octanol–water partition coefficient (Wildman–Crippen LogP) is 2.40. The van der Waals surface area contributed by atoms with Crippen LogP contribution in [0.5, 0.6) is 0 Å². The first-order valence-electron chi connectivity index (χ1n) is 9.10. The minimum absolute atomic E-state index is 0.0545. The van der Waals surface area contributed by atoms with Crippen molar-refractivity contribution >= 4 is 22.8 Å². The number of halogens is 3. The molecule has 0 saturated carbocycles. The molecule has 0 unspecified atom stereocenters. The molecule has 4 rings (SSSR count). The predicted molar refractivity (Wildman–Crippen MR) is 105 cm³/mol. The van der Waals surface area contributed by atoms with Crippen LogP contribution in [-0.2, 0) is 17.9 Å². The molecule has 0 radical (unpaired) electrons. The highest BCUT2D eigenvalue weighted by molar-refractivity contribution is 5.90. The molecule has 2 heterocycles. The topological polar surface area (TPSA) is 94.7 Å². The number of fused-ring (bicyclic) bond motifs is 1. The summed E-state index contributed by atoms with van der Waals surface area (Å²) in [5.74, 6) is -2.51. The average Bonchev–Trinajstić information content (AvgIpc) is 3.09. The van der Waals surface area contributed by atoms with Crippen LogP contribution in [0.4, 0.5) is 18.9 Å². The van der Waals surface area contributed by atoms with Gasteiger partial charge in [0.2, 0.25) is 5.91 Å². The molecule has 0 bridgehead atoms. The van der Waals surface area contributed by atoms with Crippen LogP contribution in [0.1, 0.15) is 11.1 Å². The van der Waals surface area contributed by atoms with E-state index in [9.17, 15) is 22.8 Å². The van der Waals surface area contributed by atoms with E-state index >= 15 is 0 Å². The van der Waals surface area contributed by atoms with E-state index < -0.39 is 28.9 Å². The molecule has 0 aliphatic heterocycles. The van der Waals surface area contributed by atoms with Crippen molar-refractivity contribution in [3.63, 3.8) is 0 Å². The third-order valence-electron chi connectivity index (χ3n) is 4.52. The zero-order chi connectivity index (χ0) is 22.1. The number of benzene rings is 2. The summed E-state index contributed by atoms with van der Waals surface area (Å²) in [7, 11) is 0. The number of aromatic nitrogens is 5. The van der Waals surface area contributed by atoms with Gasteiger partial charge < -0.3 is 5.32 Å². The van der Waals surface area contributed by atoms with E-state index in [4.69, 9.17) is 0 Å². The van der Waals surface area contributed by atoms with Crippen LogP contribution in [0, 0.1) is 24.4 Å². The normalized spacial score (nSPS) is 11.1. The molecule has 2 aromatic carbocycles. The van der Waals surface area contributed by atoms with Gasteiger partial charge in [0.15, 0.2) is 11.2 Å². The van der Waals surface area contributed by atoms with Gasteiger partial charge in [-0.15, -0.1) is 5.10 Å². The van der Waals surface area contributed by atoms with Crippen molar-refractivity contribution in [3.8, 4) is 0 Å². The van der Waals surface area contributed by atoms with Gasteiger partial charge in [-0.1, -0.05) is 11.3 Å². The van der Waals surface area contributed by atoms with Gasteiger partial charge in [-0.2, -0.15) is 0 Å². The molecule has 0 fully saturated rings. The second kappa shape index (κ2) is 8.01. The Hall–Kier alpha value is -4.02. The molecule has 0 saturated heterocycles. The highest BCUT2D eigenvalue weighted by Gasteiger charge is 2.15. The van der Waals surface area contributed by atoms with Crippen LogP contribution in [-0.4, -0.2) is 30.5 Å². The molecule has 0 atom stereocenters. The van der Waals surface area contributed by atoms with E-state index in [2.05, 4.69) is 20.6 Å². The third kappa shape index (κ3) is 4.29. The molecule has 11 heteroatoms. The number of hydrogen-bond acceptors (Lipinski definition) is 5. The fourth-order valence-corrected chi connectivity index (χ4v) is 3.01. The van der Waals surface area contributed by atoms with Gasteiger partial charge in [0, 0.05) is 11.8 Å². The number of amides is 1. The Morgan fingerprint density at radius 2 is 1.84 bits per heavy atom. The largest absolute Gasteiger partial charge is 0.324 e. The minimum atomic E-state index is -0.741. The number of carbonyl (C=O) groups is 1. The van der Waals surface area contributed by atoms with Gasteiger partial charge >= 0.3 is 0 Å². The van der Waals surface area contributed by atoms with Crippen molar-refractivity contribution in [2.24, 2.45) is 0 Å². The van der Waals surface area contributed by atoms with Gasteiger partial charge in [-0.3, -0.25) is 14.2 Å². The maximum absolute atomic E-state index is 13.6. The van der Waals surface area contributed by atoms with Gasteiger partial charge in [0.05, 0.1) is 6.54 Å². The Bertz CT molecular complexity index is 1340. The van der Waals surface area contributed by atoms with E-state index in [0.717, 1.165) is 29.1 Å². The molecule has 1 amide bonds. The third-order valence-corrected chi connectivity index (χ3v) is 4.52. The Labute approximate surface area is 173 Å². The molecular formula is C20H15F3N6O2. The van der Waals surface area contributed by atoms with Gasteiger partial charge in [0.25, 0.3) is 5.56 Å². The number of nitrogens with zero attached hydrogens (tertiary/aromatic N) is 5. The fourth-order valence-electron chi connectivity index (χ4n) is 3.01. The lowest BCUT2D eigenvalue weighted by atomic mass is 10.2. The van der Waals surface area contributed by atoms with Crippen LogP contribution in [0.3, 0.4) is 0 Å². The first kappa shape index (κ1) is 20.3. The molecule has 8 nitrogen and oxygen atoms in total. The summed E-state index contributed by atoms with van der Waals surface area (Å²) in [6, 6.07) is 7.26. The molecule has 0 aliphatic carbocycles. The van der Waals surface area contributed by atoms with Gasteiger partial charge in [0.1, 0.15) is 30.3 Å². The standard InChI is InChI=1S/C20H15F3N6O2/c1-11-2-3-15(7-16(11)23)25-17(30)9-28-10-24-19-18(20(28)31)26-27-29(19)8-12-4-13(21)6-14(22)5-12/h2-7,10H,8-9H2,1H3,(H,25,30). The van der Waals surface area contributed by atoms with Crippen molar-refractivity contribution in [3.05, 3.63) is 81.7 Å². The second-order valence-electron chi connectivity index (χ2n) is 6.89. The average molecular weight is 428 g/mol. The summed E-state index contributed by atoms with van der Waals surface area (Å²) in [6.45, 7) is 1.17. The molecule has 2 aromatic heterocycles. The summed E-state index contributed by atoms with van der Waals surface area (Å²) >= 11 is 0. The van der Waals surface area contributed by atoms with E-state index in [1.165, 1.54) is 16.8 Å². The van der Waals surface area contributed by atoms with Crippen molar-refractivity contribution in [1.29, 1.82) is 0 Å². The number of rotatable bonds is 5. The van der Waals surface area contributed by atoms with E-state index in [1.807, 2.05) is 0 Å².